The molecule has 0 fully saturated rings. The summed E-state index contributed by atoms with van der Waals surface area (Å²) in [4.78, 5) is 33.6. The second-order valence-corrected chi connectivity index (χ2v) is 12.7. The van der Waals surface area contributed by atoms with Crippen LogP contribution in [0.4, 0.5) is 26.7 Å². The van der Waals surface area contributed by atoms with Gasteiger partial charge >= 0.3 is 12.2 Å². The number of fused-ring (bicyclic) bond motifs is 2. The van der Waals surface area contributed by atoms with E-state index in [1.54, 1.807) is 53.7 Å². The molecule has 12 heteroatoms. The van der Waals surface area contributed by atoms with E-state index in [4.69, 9.17) is 37.7 Å². The van der Waals surface area contributed by atoms with Crippen molar-refractivity contribution in [1.29, 1.82) is 0 Å². The number of guanidine groups is 1. The van der Waals surface area contributed by atoms with Crippen molar-refractivity contribution in [1.82, 2.24) is 15.6 Å². The number of pyridine rings is 1. The molecule has 0 atom stereocenters. The normalized spacial score (nSPS) is 12.1. The fourth-order valence-electron chi connectivity index (χ4n) is 4.16. The van der Waals surface area contributed by atoms with Gasteiger partial charge in [0.25, 0.3) is 0 Å². The van der Waals surface area contributed by atoms with E-state index in [0.717, 1.165) is 38.9 Å². The van der Waals surface area contributed by atoms with Crippen LogP contribution in [0.3, 0.4) is 0 Å². The molecule has 44 heavy (non-hydrogen) atoms. The van der Waals surface area contributed by atoms with Gasteiger partial charge < -0.3 is 25.4 Å². The molecule has 3 aromatic carbocycles. The zero-order chi connectivity index (χ0) is 32.1. The van der Waals surface area contributed by atoms with Crippen LogP contribution in [-0.2, 0) is 9.47 Å². The number of carbonyl (C=O) groups is 2. The number of benzene rings is 3. The average Bonchev–Trinajstić information content (AvgIpc) is 2.90. The number of hydrogen-bond acceptors (Lipinski definition) is 7. The van der Waals surface area contributed by atoms with Gasteiger partial charge in [0.1, 0.15) is 11.2 Å². The third-order valence-corrected chi connectivity index (χ3v) is 6.56. The molecule has 2 amide bonds. The Kier molecular flexibility index (Phi) is 10.1. The predicted molar refractivity (Wildman–Crippen MR) is 179 cm³/mol. The first-order chi connectivity index (χ1) is 20.7. The van der Waals surface area contributed by atoms with Crippen molar-refractivity contribution in [3.63, 3.8) is 0 Å². The molecule has 4 rings (SSSR count). The Labute approximate surface area is 266 Å². The van der Waals surface area contributed by atoms with E-state index in [-0.39, 0.29) is 12.5 Å². The molecule has 0 aliphatic carbocycles. The van der Waals surface area contributed by atoms with Crippen molar-refractivity contribution in [3.8, 4) is 0 Å². The van der Waals surface area contributed by atoms with E-state index in [1.165, 1.54) is 0 Å². The lowest BCUT2D eigenvalue weighted by molar-refractivity contribution is 0.0560. The van der Waals surface area contributed by atoms with Crippen LogP contribution in [0.25, 0.3) is 21.8 Å². The summed E-state index contributed by atoms with van der Waals surface area (Å²) in [6.07, 6.45) is -1.61. The first-order valence-corrected chi connectivity index (χ1v) is 14.8. The Hall–Kier alpha value is -4.28. The number of nitrogens with one attached hydrogen (secondary N) is 4. The molecule has 1 aromatic heterocycles. The smallest absolute Gasteiger partial charge is 0.437 e. The van der Waals surface area contributed by atoms with E-state index in [9.17, 15) is 9.59 Å². The first kappa shape index (κ1) is 32.6. The van der Waals surface area contributed by atoms with Crippen molar-refractivity contribution in [2.24, 2.45) is 4.99 Å². The summed E-state index contributed by atoms with van der Waals surface area (Å²) in [5.41, 5.74) is 2.64. The molecule has 0 aliphatic heterocycles. The Morgan fingerprint density at radius 2 is 1.45 bits per heavy atom. The number of alkyl carbamates (subject to hydrolysis) is 1. The van der Waals surface area contributed by atoms with Crippen LogP contribution in [0, 0.1) is 0 Å². The highest BCUT2D eigenvalue weighted by Gasteiger charge is 2.20. The van der Waals surface area contributed by atoms with Gasteiger partial charge in [-0.3, -0.25) is 5.32 Å². The molecule has 0 unspecified atom stereocenters. The summed E-state index contributed by atoms with van der Waals surface area (Å²) in [5.74, 6) is -0.0899. The second-order valence-electron chi connectivity index (χ2n) is 11.9. The zero-order valence-corrected chi connectivity index (χ0v) is 27.0. The van der Waals surface area contributed by atoms with Crippen LogP contribution in [0.1, 0.15) is 41.5 Å². The van der Waals surface area contributed by atoms with Gasteiger partial charge in [-0.1, -0.05) is 41.4 Å². The monoisotopic (exact) mass is 638 g/mol. The van der Waals surface area contributed by atoms with Crippen LogP contribution in [-0.4, -0.2) is 47.4 Å². The van der Waals surface area contributed by atoms with Crippen LogP contribution in [0.5, 0.6) is 0 Å². The number of rotatable bonds is 6. The maximum Gasteiger partial charge on any atom is 0.437 e. The van der Waals surface area contributed by atoms with Crippen LogP contribution in [0.2, 0.25) is 10.0 Å². The number of anilines is 3. The van der Waals surface area contributed by atoms with Gasteiger partial charge in [0.15, 0.2) is 0 Å². The van der Waals surface area contributed by atoms with Gasteiger partial charge in [-0.2, -0.15) is 0 Å². The first-order valence-electron chi connectivity index (χ1n) is 14.0. The highest BCUT2D eigenvalue weighted by Crippen LogP contribution is 2.34. The highest BCUT2D eigenvalue weighted by molar-refractivity contribution is 6.42. The molecule has 232 valence electrons. The molecule has 10 nitrogen and oxygen atoms in total. The fraction of sp³-hybridized carbons (Fsp3) is 0.312. The number of hydrogen-bond donors (Lipinski definition) is 4. The predicted octanol–water partition coefficient (Wildman–Crippen LogP) is 8.26. The molecule has 0 saturated carbocycles. The molecule has 0 spiro atoms. The minimum Gasteiger partial charge on any atom is -0.444 e. The summed E-state index contributed by atoms with van der Waals surface area (Å²) in [7, 11) is 0. The Morgan fingerprint density at radius 1 is 0.795 bits per heavy atom. The molecule has 0 saturated heterocycles. The van der Waals surface area contributed by atoms with Crippen LogP contribution < -0.4 is 21.3 Å². The molecule has 0 radical (unpaired) electrons. The van der Waals surface area contributed by atoms with Crippen molar-refractivity contribution >= 4 is 80.2 Å². The number of carbonyl (C=O) groups excluding carboxylic acids is 2. The number of halogens is 2. The minimum absolute atomic E-state index is 0.0899. The van der Waals surface area contributed by atoms with Gasteiger partial charge in [0.2, 0.25) is 5.96 Å². The molecule has 0 aliphatic rings. The van der Waals surface area contributed by atoms with Gasteiger partial charge in [0.05, 0.1) is 26.8 Å². The summed E-state index contributed by atoms with van der Waals surface area (Å²) in [5, 5.41) is 15.1. The van der Waals surface area contributed by atoms with Crippen LogP contribution in [0.15, 0.2) is 65.7 Å². The van der Waals surface area contributed by atoms with E-state index >= 15 is 0 Å². The topological polar surface area (TPSA) is 126 Å². The van der Waals surface area contributed by atoms with Gasteiger partial charge in [0, 0.05) is 35.2 Å². The lowest BCUT2D eigenvalue weighted by Gasteiger charge is -2.21. The van der Waals surface area contributed by atoms with Crippen molar-refractivity contribution < 1.29 is 19.1 Å². The lowest BCUT2D eigenvalue weighted by Crippen LogP contribution is -2.45. The second kappa shape index (κ2) is 13.6. The van der Waals surface area contributed by atoms with E-state index < -0.39 is 23.4 Å². The highest BCUT2D eigenvalue weighted by atomic mass is 35.5. The maximum absolute atomic E-state index is 12.4. The largest absolute Gasteiger partial charge is 0.444 e. The van der Waals surface area contributed by atoms with Gasteiger partial charge in [-0.05, 0) is 84.0 Å². The minimum atomic E-state index is -0.850. The van der Waals surface area contributed by atoms with E-state index in [1.807, 2.05) is 48.5 Å². The summed E-state index contributed by atoms with van der Waals surface area (Å²) in [6, 6.07) is 19.1. The number of aromatic nitrogens is 1. The van der Waals surface area contributed by atoms with Crippen molar-refractivity contribution in [2.75, 3.05) is 23.7 Å². The summed E-state index contributed by atoms with van der Waals surface area (Å²) in [6.45, 7) is 11.1. The Balaban J connectivity index is 1.56. The van der Waals surface area contributed by atoms with Gasteiger partial charge in [-0.25, -0.2) is 14.6 Å². The standard InChI is InChI=1S/C32H36Cl2N6O4/c1-31(2,3)43-29(41)39-28(40-30(42)44-32(4,5)6)36-16-15-35-27-21-9-7-8-10-25(21)38-26-14-12-19(17-22(26)27)37-20-11-13-23(33)24(34)18-20/h7-14,17-18,37H,15-16H2,1-6H3,(H,35,38)(H2,36,39,40,41,42). The van der Waals surface area contributed by atoms with E-state index in [2.05, 4.69) is 26.3 Å². The lowest BCUT2D eigenvalue weighted by atomic mass is 10.1. The number of para-hydroxylation sites is 1. The average molecular weight is 640 g/mol. The third-order valence-electron chi connectivity index (χ3n) is 5.82. The zero-order valence-electron chi connectivity index (χ0n) is 25.5. The van der Waals surface area contributed by atoms with Crippen molar-refractivity contribution in [3.05, 3.63) is 70.7 Å². The molecule has 0 bridgehead atoms. The van der Waals surface area contributed by atoms with Gasteiger partial charge in [-0.15, -0.1) is 4.99 Å². The Bertz CT molecular complexity index is 1710. The molecular weight excluding hydrogens is 603 g/mol. The van der Waals surface area contributed by atoms with Crippen molar-refractivity contribution in [2.45, 2.75) is 52.7 Å². The number of ether oxygens (including phenoxy) is 2. The fourth-order valence-corrected chi connectivity index (χ4v) is 4.45. The van der Waals surface area contributed by atoms with E-state index in [0.29, 0.717) is 16.6 Å². The number of nitrogens with zero attached hydrogens (tertiary/aromatic N) is 2. The maximum atomic E-state index is 12.4. The summed E-state index contributed by atoms with van der Waals surface area (Å²) < 4.78 is 10.6. The Morgan fingerprint density at radius 3 is 2.16 bits per heavy atom. The molecular formula is C32H36Cl2N6O4. The number of aliphatic imine (C=N–C) groups is 1. The SMILES string of the molecule is CC(C)(C)OC(=O)/N=C(/NCCNc1c2ccccc2nc2ccc(Nc3ccc(Cl)c(Cl)c3)cc12)NC(=O)OC(C)(C)C. The summed E-state index contributed by atoms with van der Waals surface area (Å²) >= 11 is 12.3. The molecule has 4 N–H and O–H groups in total. The third kappa shape index (κ3) is 9.36. The quantitative estimate of drug-likeness (QED) is 0.0719. The molecule has 1 heterocycles. The number of amides is 2. The molecule has 4 aromatic rings. The van der Waals surface area contributed by atoms with Crippen LogP contribution >= 0.6 is 23.2 Å².